The van der Waals surface area contributed by atoms with Crippen LogP contribution in [0.1, 0.15) is 15.9 Å². The van der Waals surface area contributed by atoms with Crippen molar-refractivity contribution < 1.29 is 84.0 Å². The zero-order valence-electron chi connectivity index (χ0n) is 13.9. The third-order valence-electron chi connectivity index (χ3n) is 3.05. The summed E-state index contributed by atoms with van der Waals surface area (Å²) in [5.41, 5.74) is 0.387. The monoisotopic (exact) mass is 358 g/mol. The molecule has 0 amide bonds. The van der Waals surface area contributed by atoms with Gasteiger partial charge in [-0.3, -0.25) is 0 Å². The fourth-order valence-corrected chi connectivity index (χ4v) is 1.89. The molecule has 0 aliphatic carbocycles. The fraction of sp³-hybridized carbons (Fsp3) is 0.125. The van der Waals surface area contributed by atoms with Crippen LogP contribution in [0.3, 0.4) is 0 Å². The molecule has 0 spiro atoms. The van der Waals surface area contributed by atoms with E-state index in [1.165, 1.54) is 6.07 Å². The molecule has 0 aromatic heterocycles. The van der Waals surface area contributed by atoms with Crippen LogP contribution >= 0.6 is 0 Å². The molecule has 0 fully saturated rings. The van der Waals surface area contributed by atoms with E-state index in [-0.39, 0.29) is 71.2 Å². The van der Waals surface area contributed by atoms with Gasteiger partial charge in [-0.15, -0.1) is 0 Å². The Balaban J connectivity index is 0.00000288. The molecule has 0 bridgehead atoms. The van der Waals surface area contributed by atoms with Gasteiger partial charge in [0, 0.05) is 6.42 Å². The summed E-state index contributed by atoms with van der Waals surface area (Å²) in [5, 5.41) is 38.8. The molecule has 0 saturated carbocycles. The summed E-state index contributed by atoms with van der Waals surface area (Å²) in [4.78, 5) is 22.0. The summed E-state index contributed by atoms with van der Waals surface area (Å²) < 4.78 is 0. The van der Waals surface area contributed by atoms with Crippen molar-refractivity contribution in [2.75, 3.05) is 0 Å². The number of hydrogen-bond donors (Lipinski definition) is 1. The Morgan fingerprint density at radius 2 is 1.72 bits per heavy atom. The van der Waals surface area contributed by atoms with Gasteiger partial charge in [0.2, 0.25) is 0 Å². The normalized spacial score (nSPS) is 11.2. The predicted octanol–water partition coefficient (Wildman–Crippen LogP) is -5.09. The minimum atomic E-state index is -1.39. The van der Waals surface area contributed by atoms with Crippen LogP contribution in [0.25, 0.3) is 0 Å². The smallest absolute Gasteiger partial charge is 0.872 e. The molecule has 118 valence electrons. The Morgan fingerprint density at radius 3 is 2.28 bits per heavy atom. The van der Waals surface area contributed by atoms with Crippen LogP contribution in [0.4, 0.5) is 5.69 Å². The number of azo groups is 1. The van der Waals surface area contributed by atoms with E-state index in [0.29, 0.717) is 0 Å². The zero-order chi connectivity index (χ0) is 16.8. The topological polar surface area (TPSA) is 125 Å². The molecule has 1 atom stereocenters. The maximum atomic E-state index is 11.3. The molecule has 0 saturated heterocycles. The average molecular weight is 358 g/mol. The van der Waals surface area contributed by atoms with Crippen LogP contribution in [0.5, 0.6) is 5.75 Å². The van der Waals surface area contributed by atoms with Gasteiger partial charge in [0.05, 0.1) is 17.2 Å². The summed E-state index contributed by atoms with van der Waals surface area (Å²) in [6.45, 7) is 0. The van der Waals surface area contributed by atoms with Gasteiger partial charge in [0.1, 0.15) is 6.04 Å². The van der Waals surface area contributed by atoms with Crippen molar-refractivity contribution in [3.63, 3.8) is 0 Å². The van der Waals surface area contributed by atoms with Gasteiger partial charge in [-0.1, -0.05) is 42.1 Å². The van der Waals surface area contributed by atoms with Crippen LogP contribution in [0.15, 0.2) is 58.8 Å². The second kappa shape index (κ2) is 11.4. The number of benzene rings is 2. The largest absolute Gasteiger partial charge is 1.00 e. The molecule has 0 aliphatic rings. The van der Waals surface area contributed by atoms with E-state index < -0.39 is 29.3 Å². The van der Waals surface area contributed by atoms with Gasteiger partial charge >= 0.3 is 65.1 Å². The third-order valence-corrected chi connectivity index (χ3v) is 3.05. The van der Waals surface area contributed by atoms with Gasteiger partial charge in [0.15, 0.2) is 0 Å². The van der Waals surface area contributed by atoms with E-state index in [9.17, 15) is 19.8 Å². The standard InChI is InChI=1S/C16H14N2O5.2Na/c19-14-7-6-11(9-12(14)15(20)21)17-18-13(16(22)23)8-10-4-2-1-3-5-10;;/h1-7,9,13,19H,8H2,(H,20,21)(H,22,23);;/q;2*+1/p-2. The molecule has 2 rings (SSSR count). The Hall–Kier alpha value is -1.22. The Bertz CT molecular complexity index is 753. The van der Waals surface area contributed by atoms with E-state index >= 15 is 0 Å². The number of carboxylic acid groups (broad SMARTS) is 2. The maximum Gasteiger partial charge on any atom is 1.00 e. The molecule has 2 aromatic carbocycles. The van der Waals surface area contributed by atoms with Gasteiger partial charge in [-0.25, -0.2) is 4.79 Å². The van der Waals surface area contributed by atoms with E-state index in [4.69, 9.17) is 5.11 Å². The number of hydrogen-bond acceptors (Lipinski definition) is 6. The van der Waals surface area contributed by atoms with E-state index in [1.54, 1.807) is 30.3 Å². The van der Waals surface area contributed by atoms with Crippen LogP contribution in [-0.4, -0.2) is 23.1 Å². The molecule has 9 heteroatoms. The van der Waals surface area contributed by atoms with Gasteiger partial charge in [-0.05, 0) is 17.7 Å². The molecule has 1 unspecified atom stereocenters. The summed E-state index contributed by atoms with van der Waals surface area (Å²) in [6, 6.07) is 11.0. The first-order chi connectivity index (χ1) is 11.0. The number of nitrogens with zero attached hydrogens (tertiary/aromatic N) is 2. The first-order valence-corrected chi connectivity index (χ1v) is 6.67. The minimum Gasteiger partial charge on any atom is -0.872 e. The number of carbonyl (C=O) groups excluding carboxylic acids is 1. The molecule has 0 radical (unpaired) electrons. The molecular formula is C16H12N2Na2O5. The van der Waals surface area contributed by atoms with Crippen LogP contribution < -0.4 is 69.3 Å². The Labute approximate surface area is 188 Å². The third kappa shape index (κ3) is 7.27. The quantitative estimate of drug-likeness (QED) is 0.409. The first kappa shape index (κ1) is 23.8. The molecule has 2 aromatic rings. The van der Waals surface area contributed by atoms with Crippen molar-refractivity contribution in [3.8, 4) is 5.75 Å². The van der Waals surface area contributed by atoms with Crippen molar-refractivity contribution in [1.82, 2.24) is 0 Å². The average Bonchev–Trinajstić information content (AvgIpc) is 2.53. The van der Waals surface area contributed by atoms with Crippen LogP contribution in [0, 0.1) is 0 Å². The second-order valence-electron chi connectivity index (χ2n) is 4.73. The summed E-state index contributed by atoms with van der Waals surface area (Å²) in [7, 11) is 0. The SMILES string of the molecule is O=C(O)c1cc(N=NC(Cc2ccccc2)C(=O)[O-])ccc1[O-].[Na+].[Na+]. The number of aliphatic carboxylic acids is 1. The number of aromatic carboxylic acids is 1. The van der Waals surface area contributed by atoms with Crippen molar-refractivity contribution in [3.05, 3.63) is 59.7 Å². The summed E-state index contributed by atoms with van der Waals surface area (Å²) in [6.07, 6.45) is 0.0953. The Morgan fingerprint density at radius 1 is 1.08 bits per heavy atom. The van der Waals surface area contributed by atoms with E-state index in [2.05, 4.69) is 10.2 Å². The summed E-state index contributed by atoms with van der Waals surface area (Å²) >= 11 is 0. The van der Waals surface area contributed by atoms with Gasteiger partial charge < -0.3 is 20.1 Å². The van der Waals surface area contributed by atoms with Crippen molar-refractivity contribution in [2.45, 2.75) is 12.5 Å². The zero-order valence-corrected chi connectivity index (χ0v) is 17.9. The number of carbonyl (C=O) groups is 2. The molecule has 0 heterocycles. The molecular weight excluding hydrogens is 346 g/mol. The van der Waals surface area contributed by atoms with Crippen molar-refractivity contribution >= 4 is 17.6 Å². The molecule has 25 heavy (non-hydrogen) atoms. The fourth-order valence-electron chi connectivity index (χ4n) is 1.89. The summed E-state index contributed by atoms with van der Waals surface area (Å²) in [5.74, 6) is -3.43. The minimum absolute atomic E-state index is 0. The first-order valence-electron chi connectivity index (χ1n) is 6.67. The van der Waals surface area contributed by atoms with Crippen molar-refractivity contribution in [2.24, 2.45) is 10.2 Å². The van der Waals surface area contributed by atoms with E-state index in [1.807, 2.05) is 0 Å². The molecule has 7 nitrogen and oxygen atoms in total. The predicted molar refractivity (Wildman–Crippen MR) is 76.3 cm³/mol. The maximum absolute atomic E-state index is 11.3. The van der Waals surface area contributed by atoms with Gasteiger partial charge in [-0.2, -0.15) is 10.2 Å². The van der Waals surface area contributed by atoms with Crippen LogP contribution in [-0.2, 0) is 11.2 Å². The van der Waals surface area contributed by atoms with E-state index in [0.717, 1.165) is 17.7 Å². The number of carboxylic acids is 2. The molecule has 0 aliphatic heterocycles. The van der Waals surface area contributed by atoms with Gasteiger partial charge in [0.25, 0.3) is 0 Å². The molecule has 1 N–H and O–H groups in total. The van der Waals surface area contributed by atoms with Crippen molar-refractivity contribution in [1.29, 1.82) is 0 Å². The Kier molecular flexibility index (Phi) is 10.8. The van der Waals surface area contributed by atoms with Crippen LogP contribution in [0.2, 0.25) is 0 Å². The second-order valence-corrected chi connectivity index (χ2v) is 4.73. The number of rotatable bonds is 6.